The third-order valence-electron chi connectivity index (χ3n) is 10.7. The summed E-state index contributed by atoms with van der Waals surface area (Å²) in [5.41, 5.74) is 1.59. The van der Waals surface area contributed by atoms with E-state index in [1.165, 1.54) is 5.56 Å². The van der Waals surface area contributed by atoms with Gasteiger partial charge in [-0.25, -0.2) is 0 Å². The van der Waals surface area contributed by atoms with Crippen molar-refractivity contribution in [2.24, 2.45) is 35.5 Å². The van der Waals surface area contributed by atoms with E-state index < -0.39 is 24.3 Å². The molecule has 1 saturated heterocycles. The molecule has 0 bridgehead atoms. The molecule has 2 N–H and O–H groups in total. The number of hydrogen-bond donors (Lipinski definition) is 2. The van der Waals surface area contributed by atoms with Crippen molar-refractivity contribution < 1.29 is 24.5 Å². The summed E-state index contributed by atoms with van der Waals surface area (Å²) in [6, 6.07) is 12.6. The Labute approximate surface area is 282 Å². The molecule has 8 heteroatoms. The van der Waals surface area contributed by atoms with E-state index in [9.17, 15) is 25.1 Å². The molecule has 3 aliphatic rings. The van der Waals surface area contributed by atoms with Gasteiger partial charge in [-0.15, -0.1) is 0 Å². The molecule has 1 aromatic rings. The van der Waals surface area contributed by atoms with Gasteiger partial charge in [-0.1, -0.05) is 76.6 Å². The molecule has 9 atom stereocenters. The minimum absolute atomic E-state index is 0.0694. The summed E-state index contributed by atoms with van der Waals surface area (Å²) >= 11 is 0. The zero-order chi connectivity index (χ0) is 33.9. The van der Waals surface area contributed by atoms with Gasteiger partial charge in [-0.2, -0.15) is 5.26 Å². The normalized spacial score (nSPS) is 35.9. The molecule has 1 saturated carbocycles. The summed E-state index contributed by atoms with van der Waals surface area (Å²) in [6.45, 7) is 12.2. The molecule has 258 valence electrons. The predicted molar refractivity (Wildman–Crippen MR) is 184 cm³/mol. The fourth-order valence-corrected chi connectivity index (χ4v) is 8.17. The Morgan fingerprint density at radius 1 is 0.957 bits per heavy atom. The predicted octanol–water partition coefficient (Wildman–Crippen LogP) is 5.90. The van der Waals surface area contributed by atoms with Crippen LogP contribution in [-0.4, -0.2) is 76.4 Å². The number of rotatable bonds is 4. The number of carbonyl (C=O) groups excluding carboxylic acids is 2. The van der Waals surface area contributed by atoms with Crippen LogP contribution in [0.4, 0.5) is 0 Å². The number of amides is 1. The molecule has 2 aliphatic heterocycles. The highest BCUT2D eigenvalue weighted by Crippen LogP contribution is 2.39. The van der Waals surface area contributed by atoms with Crippen LogP contribution in [0, 0.1) is 46.8 Å². The monoisotopic (exact) mass is 647 g/mol. The highest BCUT2D eigenvalue weighted by atomic mass is 16.5. The fourth-order valence-electron chi connectivity index (χ4n) is 8.17. The summed E-state index contributed by atoms with van der Waals surface area (Å²) in [5.74, 6) is -0.0937. The second-order valence-electron chi connectivity index (χ2n) is 14.8. The summed E-state index contributed by atoms with van der Waals surface area (Å²) in [7, 11) is 0. The first-order valence-electron chi connectivity index (χ1n) is 17.9. The van der Waals surface area contributed by atoms with Gasteiger partial charge in [0, 0.05) is 51.0 Å². The van der Waals surface area contributed by atoms with Crippen molar-refractivity contribution >= 4 is 11.9 Å². The summed E-state index contributed by atoms with van der Waals surface area (Å²) in [4.78, 5) is 31.6. The smallest absolute Gasteiger partial charge is 0.308 e. The summed E-state index contributed by atoms with van der Waals surface area (Å²) in [6.07, 6.45) is 8.41. The first-order valence-corrected chi connectivity index (χ1v) is 17.9. The van der Waals surface area contributed by atoms with E-state index in [1.807, 2.05) is 30.9 Å². The molecule has 1 aliphatic carbocycles. The lowest BCUT2D eigenvalue weighted by molar-refractivity contribution is -0.158. The summed E-state index contributed by atoms with van der Waals surface area (Å²) in [5, 5.41) is 31.8. The van der Waals surface area contributed by atoms with Crippen LogP contribution in [0.5, 0.6) is 0 Å². The molecule has 0 radical (unpaired) electrons. The van der Waals surface area contributed by atoms with Gasteiger partial charge in [0.25, 0.3) is 0 Å². The maximum Gasteiger partial charge on any atom is 0.308 e. The summed E-state index contributed by atoms with van der Waals surface area (Å²) < 4.78 is 6.12. The van der Waals surface area contributed by atoms with Crippen LogP contribution < -0.4 is 0 Å². The number of cyclic esters (lactones) is 1. The van der Waals surface area contributed by atoms with Gasteiger partial charge in [0.15, 0.2) is 0 Å². The number of aliphatic hydroxyl groups is 2. The molecule has 47 heavy (non-hydrogen) atoms. The first-order chi connectivity index (χ1) is 22.5. The molecular formula is C39H57N3O5. The number of esters is 1. The molecule has 0 unspecified atom stereocenters. The largest absolute Gasteiger partial charge is 0.462 e. The quantitative estimate of drug-likeness (QED) is 0.392. The number of carbonyl (C=O) groups is 2. The average Bonchev–Trinajstić information content (AvgIpc) is 3.54. The highest BCUT2D eigenvalue weighted by molar-refractivity contribution is 5.80. The Hall–Kier alpha value is -2.99. The topological polar surface area (TPSA) is 114 Å². The van der Waals surface area contributed by atoms with Crippen molar-refractivity contribution in [3.05, 3.63) is 59.7 Å². The fraction of sp³-hybridized carbons (Fsp3) is 0.667. The number of nitrogens with zero attached hydrogens (tertiary/aromatic N) is 3. The molecule has 1 amide bonds. The maximum absolute atomic E-state index is 13.9. The van der Waals surface area contributed by atoms with Crippen molar-refractivity contribution in [1.82, 2.24) is 9.80 Å². The van der Waals surface area contributed by atoms with Gasteiger partial charge in [-0.05, 0) is 67.4 Å². The van der Waals surface area contributed by atoms with E-state index in [0.29, 0.717) is 36.9 Å². The van der Waals surface area contributed by atoms with Crippen LogP contribution in [0.3, 0.4) is 0 Å². The van der Waals surface area contributed by atoms with Crippen molar-refractivity contribution in [1.29, 1.82) is 5.26 Å². The lowest BCUT2D eigenvalue weighted by Crippen LogP contribution is -2.51. The number of benzene rings is 1. The van der Waals surface area contributed by atoms with Gasteiger partial charge in [0.05, 0.1) is 30.3 Å². The van der Waals surface area contributed by atoms with Crippen LogP contribution in [0.25, 0.3) is 0 Å². The molecule has 0 aromatic heterocycles. The minimum atomic E-state index is -0.861. The number of ether oxygens (including phenoxy) is 1. The van der Waals surface area contributed by atoms with Crippen molar-refractivity contribution in [3.8, 4) is 6.07 Å². The van der Waals surface area contributed by atoms with E-state index in [2.05, 4.69) is 49.1 Å². The maximum atomic E-state index is 13.9. The molecule has 2 fully saturated rings. The van der Waals surface area contributed by atoms with Crippen molar-refractivity contribution in [2.45, 2.75) is 104 Å². The molecular weight excluding hydrogens is 590 g/mol. The zero-order valence-corrected chi connectivity index (χ0v) is 29.0. The molecule has 0 spiro atoms. The van der Waals surface area contributed by atoms with Gasteiger partial charge in [0.2, 0.25) is 5.91 Å². The highest BCUT2D eigenvalue weighted by Gasteiger charge is 2.42. The Morgan fingerprint density at radius 3 is 2.32 bits per heavy atom. The first kappa shape index (κ1) is 36.8. The van der Waals surface area contributed by atoms with Gasteiger partial charge in [0.1, 0.15) is 6.10 Å². The minimum Gasteiger partial charge on any atom is -0.462 e. The SMILES string of the molecule is C[C@@H]1C[C@H](C)C[C@H](C)[C@@H](O)CC(=O)O[C@H]([C@@H]2CCC[C@H]2C(=O)N2CCN(Cc3ccccc3)CC2)C/C=C/C=C(/C#N)[C@H](O)[C@@H](C)C1. The lowest BCUT2D eigenvalue weighted by Gasteiger charge is -2.37. The second kappa shape index (κ2) is 18.0. The van der Waals surface area contributed by atoms with Crippen molar-refractivity contribution in [3.63, 3.8) is 0 Å². The van der Waals surface area contributed by atoms with Crippen LogP contribution in [0.1, 0.15) is 84.6 Å². The Bertz CT molecular complexity index is 1250. The number of hydrogen-bond acceptors (Lipinski definition) is 7. The van der Waals surface area contributed by atoms with E-state index in [1.54, 1.807) is 12.2 Å². The average molecular weight is 648 g/mol. The second-order valence-corrected chi connectivity index (χ2v) is 14.8. The third-order valence-corrected chi connectivity index (χ3v) is 10.7. The Morgan fingerprint density at radius 2 is 1.64 bits per heavy atom. The molecule has 4 rings (SSSR count). The lowest BCUT2D eigenvalue weighted by atomic mass is 9.82. The van der Waals surface area contributed by atoms with E-state index in [-0.39, 0.29) is 36.0 Å². The van der Waals surface area contributed by atoms with Gasteiger partial charge >= 0.3 is 5.97 Å². The van der Waals surface area contributed by atoms with Crippen LogP contribution in [-0.2, 0) is 20.9 Å². The zero-order valence-electron chi connectivity index (χ0n) is 29.0. The van der Waals surface area contributed by atoms with Crippen LogP contribution in [0.15, 0.2) is 54.1 Å². The Kier molecular flexibility index (Phi) is 14.1. The molecule has 8 nitrogen and oxygen atoms in total. The van der Waals surface area contributed by atoms with Crippen molar-refractivity contribution in [2.75, 3.05) is 26.2 Å². The number of piperazine rings is 1. The number of allylic oxidation sites excluding steroid dienone is 2. The van der Waals surface area contributed by atoms with Crippen LogP contribution in [0.2, 0.25) is 0 Å². The Balaban J connectivity index is 1.48. The van der Waals surface area contributed by atoms with Gasteiger partial charge in [-0.3, -0.25) is 14.5 Å². The standard InChI is InChI=1S/C39H57N3O5/c1-27-21-28(2)23-30(4)38(45)32(25-40)13-8-9-16-36(47-37(44)24-35(43)29(3)22-27)33-14-10-15-34(33)39(46)42-19-17-41(18-20-42)26-31-11-6-5-7-12-31/h5-9,11-13,27-30,33-36,38,43,45H,10,14-24,26H2,1-4H3/b9-8+,32-13-/t27-,28+,29-,30-,33+,34+,35-,36-,38+/m0/s1. The van der Waals surface area contributed by atoms with E-state index in [4.69, 9.17) is 4.74 Å². The number of nitriles is 1. The van der Waals surface area contributed by atoms with Crippen LogP contribution >= 0.6 is 0 Å². The van der Waals surface area contributed by atoms with E-state index >= 15 is 0 Å². The van der Waals surface area contributed by atoms with E-state index in [0.717, 1.165) is 58.2 Å². The molecule has 1 aromatic carbocycles. The number of aliphatic hydroxyl groups excluding tert-OH is 2. The third kappa shape index (κ3) is 10.8. The molecule has 2 heterocycles. The van der Waals surface area contributed by atoms with Gasteiger partial charge < -0.3 is 19.8 Å².